The number of unbranched alkanes of at least 4 members (excludes halogenated alkanes) is 4. The number of benzene rings is 1. The first-order valence-electron chi connectivity index (χ1n) is 13.0. The predicted octanol–water partition coefficient (Wildman–Crippen LogP) is 8.64. The molecule has 1 heterocycles. The Hall–Kier alpha value is -1.83. The van der Waals surface area contributed by atoms with Crippen LogP contribution in [0.1, 0.15) is 96.5 Å². The van der Waals surface area contributed by atoms with Gasteiger partial charge < -0.3 is 4.74 Å². The summed E-state index contributed by atoms with van der Waals surface area (Å²) in [6.45, 7) is 5.28. The summed E-state index contributed by atoms with van der Waals surface area (Å²) >= 11 is 0. The molecule has 0 atom stereocenters. The normalized spacial score (nSPS) is 18.8. The summed E-state index contributed by atoms with van der Waals surface area (Å²) in [4.78, 5) is 4.74. The average molecular weight is 422 g/mol. The molecule has 0 saturated heterocycles. The Kier molecular flexibility index (Phi) is 10.4. The zero-order chi connectivity index (χ0) is 21.7. The molecule has 2 aromatic rings. The van der Waals surface area contributed by atoms with E-state index in [0.29, 0.717) is 0 Å². The SMILES string of the molecule is CCCCCC[C@H]1CC[C@H](CCc2ccc(-c3ccc(OCCCC)cc3)nc2)CC1. The highest BCUT2D eigenvalue weighted by atomic mass is 16.5. The second kappa shape index (κ2) is 13.6. The van der Waals surface area contributed by atoms with Crippen molar-refractivity contribution in [2.75, 3.05) is 6.61 Å². The zero-order valence-electron chi connectivity index (χ0n) is 20.0. The average Bonchev–Trinajstić information content (AvgIpc) is 2.82. The molecular weight excluding hydrogens is 378 g/mol. The Bertz CT molecular complexity index is 713. The van der Waals surface area contributed by atoms with Crippen molar-refractivity contribution in [2.45, 2.75) is 97.3 Å². The third kappa shape index (κ3) is 8.31. The minimum absolute atomic E-state index is 0.795. The molecule has 2 nitrogen and oxygen atoms in total. The van der Waals surface area contributed by atoms with Crippen molar-refractivity contribution < 1.29 is 4.74 Å². The van der Waals surface area contributed by atoms with Crippen molar-refractivity contribution in [3.63, 3.8) is 0 Å². The predicted molar refractivity (Wildman–Crippen MR) is 133 cm³/mol. The molecule has 0 unspecified atom stereocenters. The molecule has 0 aliphatic heterocycles. The Morgan fingerprint density at radius 3 is 2.13 bits per heavy atom. The lowest BCUT2D eigenvalue weighted by Crippen LogP contribution is -2.15. The van der Waals surface area contributed by atoms with Gasteiger partial charge in [0.1, 0.15) is 5.75 Å². The summed E-state index contributed by atoms with van der Waals surface area (Å²) in [6, 6.07) is 12.8. The quantitative estimate of drug-likeness (QED) is 0.302. The first-order valence-corrected chi connectivity index (χ1v) is 13.0. The number of rotatable bonds is 13. The molecule has 31 heavy (non-hydrogen) atoms. The third-order valence-electron chi connectivity index (χ3n) is 7.01. The van der Waals surface area contributed by atoms with Crippen molar-refractivity contribution in [1.82, 2.24) is 4.98 Å². The van der Waals surface area contributed by atoms with E-state index >= 15 is 0 Å². The Morgan fingerprint density at radius 2 is 1.48 bits per heavy atom. The lowest BCUT2D eigenvalue weighted by molar-refractivity contribution is 0.249. The van der Waals surface area contributed by atoms with Crippen LogP contribution in [0.5, 0.6) is 5.75 Å². The van der Waals surface area contributed by atoms with Crippen LogP contribution in [-0.2, 0) is 6.42 Å². The molecule has 0 amide bonds. The van der Waals surface area contributed by atoms with E-state index < -0.39 is 0 Å². The van der Waals surface area contributed by atoms with Crippen LogP contribution < -0.4 is 4.74 Å². The van der Waals surface area contributed by atoms with E-state index in [9.17, 15) is 0 Å². The van der Waals surface area contributed by atoms with Crippen LogP contribution in [0.25, 0.3) is 11.3 Å². The summed E-state index contributed by atoms with van der Waals surface area (Å²) in [5.74, 6) is 2.88. The Morgan fingerprint density at radius 1 is 0.774 bits per heavy atom. The number of hydrogen-bond donors (Lipinski definition) is 0. The van der Waals surface area contributed by atoms with Gasteiger partial charge in [0.2, 0.25) is 0 Å². The fourth-order valence-corrected chi connectivity index (χ4v) is 4.84. The molecule has 0 N–H and O–H groups in total. The molecule has 0 bridgehead atoms. The lowest BCUT2D eigenvalue weighted by Gasteiger charge is -2.28. The second-order valence-electron chi connectivity index (χ2n) is 9.55. The largest absolute Gasteiger partial charge is 0.494 e. The summed E-state index contributed by atoms with van der Waals surface area (Å²) in [5, 5.41) is 0. The molecule has 2 heteroatoms. The standard InChI is InChI=1S/C29H43NO/c1-3-5-7-8-9-24-10-12-25(13-11-24)14-15-26-16-21-29(30-23-26)27-17-19-28(20-18-27)31-22-6-4-2/h16-21,23-25H,3-15,22H2,1-2H3/t24-,25-. The number of hydrogen-bond acceptors (Lipinski definition) is 2. The van der Waals surface area contributed by atoms with Crippen molar-refractivity contribution >= 4 is 0 Å². The number of nitrogens with zero attached hydrogens (tertiary/aromatic N) is 1. The third-order valence-corrected chi connectivity index (χ3v) is 7.01. The smallest absolute Gasteiger partial charge is 0.119 e. The Balaban J connectivity index is 1.38. The molecule has 1 aliphatic rings. The van der Waals surface area contributed by atoms with E-state index in [4.69, 9.17) is 9.72 Å². The van der Waals surface area contributed by atoms with E-state index in [0.717, 1.165) is 48.3 Å². The monoisotopic (exact) mass is 421 g/mol. The van der Waals surface area contributed by atoms with Crippen molar-refractivity contribution in [2.24, 2.45) is 11.8 Å². The minimum atomic E-state index is 0.795. The van der Waals surface area contributed by atoms with Crippen molar-refractivity contribution in [1.29, 1.82) is 0 Å². The Labute approximate surface area is 190 Å². The maximum atomic E-state index is 5.76. The summed E-state index contributed by atoms with van der Waals surface area (Å²) in [5.41, 5.74) is 3.59. The van der Waals surface area contributed by atoms with Gasteiger partial charge in [0.05, 0.1) is 12.3 Å². The van der Waals surface area contributed by atoms with Crippen LogP contribution >= 0.6 is 0 Å². The molecule has 1 saturated carbocycles. The van der Waals surface area contributed by atoms with Crippen LogP contribution in [0.4, 0.5) is 0 Å². The maximum absolute atomic E-state index is 5.76. The number of ether oxygens (including phenoxy) is 1. The van der Waals surface area contributed by atoms with Gasteiger partial charge in [-0.15, -0.1) is 0 Å². The molecular formula is C29H43NO. The van der Waals surface area contributed by atoms with Crippen LogP contribution in [0.3, 0.4) is 0 Å². The van der Waals surface area contributed by atoms with Gasteiger partial charge in [-0.1, -0.05) is 84.1 Å². The van der Waals surface area contributed by atoms with Gasteiger partial charge in [-0.3, -0.25) is 4.98 Å². The van der Waals surface area contributed by atoms with E-state index in [-0.39, 0.29) is 0 Å². The minimum Gasteiger partial charge on any atom is -0.494 e. The van der Waals surface area contributed by atoms with E-state index in [1.165, 1.54) is 76.2 Å². The number of aromatic nitrogens is 1. The van der Waals surface area contributed by atoms with Gasteiger partial charge in [-0.2, -0.15) is 0 Å². The lowest BCUT2D eigenvalue weighted by atomic mass is 9.78. The van der Waals surface area contributed by atoms with Crippen LogP contribution in [0.2, 0.25) is 0 Å². The topological polar surface area (TPSA) is 22.1 Å². The summed E-state index contributed by atoms with van der Waals surface area (Å²) in [7, 11) is 0. The molecule has 3 rings (SSSR count). The highest BCUT2D eigenvalue weighted by molar-refractivity contribution is 5.60. The van der Waals surface area contributed by atoms with E-state index in [2.05, 4.69) is 56.4 Å². The highest BCUT2D eigenvalue weighted by Gasteiger charge is 2.20. The van der Waals surface area contributed by atoms with E-state index in [1.807, 2.05) is 0 Å². The maximum Gasteiger partial charge on any atom is 0.119 e. The van der Waals surface area contributed by atoms with E-state index in [1.54, 1.807) is 0 Å². The molecule has 170 valence electrons. The fourth-order valence-electron chi connectivity index (χ4n) is 4.84. The first-order chi connectivity index (χ1) is 15.3. The number of aryl methyl sites for hydroxylation is 1. The first kappa shape index (κ1) is 23.8. The van der Waals surface area contributed by atoms with Crippen LogP contribution in [0, 0.1) is 11.8 Å². The van der Waals surface area contributed by atoms with Crippen molar-refractivity contribution in [3.05, 3.63) is 48.2 Å². The summed E-state index contributed by atoms with van der Waals surface area (Å²) < 4.78 is 5.76. The van der Waals surface area contributed by atoms with Gasteiger partial charge in [-0.25, -0.2) is 0 Å². The highest BCUT2D eigenvalue weighted by Crippen LogP contribution is 2.34. The van der Waals surface area contributed by atoms with Gasteiger partial charge in [0, 0.05) is 11.8 Å². The van der Waals surface area contributed by atoms with Crippen LogP contribution in [-0.4, -0.2) is 11.6 Å². The van der Waals surface area contributed by atoms with Gasteiger partial charge in [0.15, 0.2) is 0 Å². The second-order valence-corrected chi connectivity index (χ2v) is 9.55. The molecule has 1 aromatic carbocycles. The zero-order valence-corrected chi connectivity index (χ0v) is 20.0. The fraction of sp³-hybridized carbons (Fsp3) is 0.621. The molecule has 1 aliphatic carbocycles. The van der Waals surface area contributed by atoms with Gasteiger partial charge in [0.25, 0.3) is 0 Å². The molecule has 0 radical (unpaired) electrons. The summed E-state index contributed by atoms with van der Waals surface area (Å²) in [6.07, 6.45) is 19.8. The van der Waals surface area contributed by atoms with Gasteiger partial charge in [-0.05, 0) is 67.0 Å². The molecule has 1 fully saturated rings. The molecule has 1 aromatic heterocycles. The number of pyridine rings is 1. The van der Waals surface area contributed by atoms with Gasteiger partial charge >= 0.3 is 0 Å². The van der Waals surface area contributed by atoms with Crippen LogP contribution in [0.15, 0.2) is 42.6 Å². The molecule has 0 spiro atoms. The van der Waals surface area contributed by atoms with Crippen molar-refractivity contribution in [3.8, 4) is 17.0 Å².